The van der Waals surface area contributed by atoms with Crippen LogP contribution < -0.4 is 9.47 Å². The number of carbonyl (C=O) groups is 1. The van der Waals surface area contributed by atoms with Gasteiger partial charge in [0.05, 0.1) is 5.75 Å². The van der Waals surface area contributed by atoms with Gasteiger partial charge in [-0.2, -0.15) is 0 Å². The summed E-state index contributed by atoms with van der Waals surface area (Å²) in [7, 11) is 0. The number of halogens is 1. The Morgan fingerprint density at radius 1 is 1.16 bits per heavy atom. The molecule has 6 heteroatoms. The molecule has 0 aliphatic carbocycles. The maximum Gasteiger partial charge on any atom is 0.233 e. The second-order valence-corrected chi connectivity index (χ2v) is 6.59. The minimum absolute atomic E-state index is 0.0370. The second kappa shape index (κ2) is 8.25. The molecule has 2 aromatic carbocycles. The van der Waals surface area contributed by atoms with E-state index in [1.54, 1.807) is 23.1 Å². The lowest BCUT2D eigenvalue weighted by atomic mass is 10.1. The highest BCUT2D eigenvalue weighted by molar-refractivity contribution is 8.00. The van der Waals surface area contributed by atoms with Crippen molar-refractivity contribution >= 4 is 17.7 Å². The lowest BCUT2D eigenvalue weighted by Gasteiger charge is -2.25. The Balaban J connectivity index is 1.66. The van der Waals surface area contributed by atoms with Gasteiger partial charge in [0, 0.05) is 23.5 Å². The fourth-order valence-electron chi connectivity index (χ4n) is 2.63. The fourth-order valence-corrected chi connectivity index (χ4v) is 3.48. The van der Waals surface area contributed by atoms with Gasteiger partial charge in [0.1, 0.15) is 19.0 Å². The highest BCUT2D eigenvalue weighted by Gasteiger charge is 2.20. The summed E-state index contributed by atoms with van der Waals surface area (Å²) in [6.07, 6.45) is 0. The summed E-state index contributed by atoms with van der Waals surface area (Å²) in [6.45, 7) is 3.98. The zero-order valence-corrected chi connectivity index (χ0v) is 14.9. The first-order valence-corrected chi connectivity index (χ1v) is 9.20. The molecule has 0 unspecified atom stereocenters. The molecule has 4 nitrogen and oxygen atoms in total. The summed E-state index contributed by atoms with van der Waals surface area (Å²) in [5, 5.41) is 0. The van der Waals surface area contributed by atoms with Crippen molar-refractivity contribution in [1.29, 1.82) is 0 Å². The number of para-hydroxylation sites is 1. The predicted octanol–water partition coefficient (Wildman–Crippen LogP) is 3.74. The number of benzene rings is 2. The Bertz CT molecular complexity index is 753. The minimum Gasteiger partial charge on any atom is -0.486 e. The molecule has 1 aliphatic rings. The maximum absolute atomic E-state index is 13.7. The molecular formula is C19H20FNO3S. The normalized spacial score (nSPS) is 12.7. The van der Waals surface area contributed by atoms with Crippen LogP contribution in [0.25, 0.3) is 0 Å². The average Bonchev–Trinajstić information content (AvgIpc) is 2.65. The van der Waals surface area contributed by atoms with E-state index in [0.29, 0.717) is 42.7 Å². The van der Waals surface area contributed by atoms with Crippen LogP contribution in [0.2, 0.25) is 0 Å². The molecule has 0 saturated heterocycles. The first kappa shape index (κ1) is 17.6. The van der Waals surface area contributed by atoms with Crippen molar-refractivity contribution < 1.29 is 18.7 Å². The summed E-state index contributed by atoms with van der Waals surface area (Å²) in [5.41, 5.74) is 0.920. The first-order valence-electron chi connectivity index (χ1n) is 8.21. The van der Waals surface area contributed by atoms with Crippen LogP contribution in [0.4, 0.5) is 4.39 Å². The first-order chi connectivity index (χ1) is 12.2. The Morgan fingerprint density at radius 2 is 1.96 bits per heavy atom. The van der Waals surface area contributed by atoms with Crippen LogP contribution in [0.1, 0.15) is 12.5 Å². The number of hydrogen-bond acceptors (Lipinski definition) is 4. The van der Waals surface area contributed by atoms with Crippen LogP contribution in [0.15, 0.2) is 47.4 Å². The molecule has 0 aromatic heterocycles. The number of amides is 1. The third-order valence-corrected chi connectivity index (χ3v) is 4.96. The van der Waals surface area contributed by atoms with E-state index in [-0.39, 0.29) is 17.5 Å². The molecule has 1 heterocycles. The molecule has 25 heavy (non-hydrogen) atoms. The monoisotopic (exact) mass is 361 g/mol. The third kappa shape index (κ3) is 4.25. The van der Waals surface area contributed by atoms with Crippen molar-refractivity contribution in [2.45, 2.75) is 18.4 Å². The summed E-state index contributed by atoms with van der Waals surface area (Å²) in [4.78, 5) is 14.8. The lowest BCUT2D eigenvalue weighted by Crippen LogP contribution is -2.32. The van der Waals surface area contributed by atoms with Gasteiger partial charge in [0.2, 0.25) is 5.91 Å². The van der Waals surface area contributed by atoms with Gasteiger partial charge < -0.3 is 14.4 Å². The van der Waals surface area contributed by atoms with E-state index >= 15 is 0 Å². The molecule has 132 valence electrons. The number of fused-ring (bicyclic) bond motifs is 1. The molecule has 0 N–H and O–H groups in total. The van der Waals surface area contributed by atoms with Crippen LogP contribution in [0.3, 0.4) is 0 Å². The number of ether oxygens (including phenoxy) is 2. The largest absolute Gasteiger partial charge is 0.486 e. The van der Waals surface area contributed by atoms with E-state index in [2.05, 4.69) is 0 Å². The van der Waals surface area contributed by atoms with E-state index < -0.39 is 0 Å². The van der Waals surface area contributed by atoms with E-state index in [1.807, 2.05) is 25.1 Å². The van der Waals surface area contributed by atoms with E-state index in [0.717, 1.165) is 5.56 Å². The van der Waals surface area contributed by atoms with Crippen molar-refractivity contribution in [2.75, 3.05) is 25.5 Å². The SMILES string of the molecule is CCN(Cc1cccc2c1OCCO2)C(=O)CSc1ccccc1F. The van der Waals surface area contributed by atoms with Gasteiger partial charge in [-0.05, 0) is 25.1 Å². The van der Waals surface area contributed by atoms with Crippen molar-refractivity contribution in [3.05, 3.63) is 53.8 Å². The standard InChI is InChI=1S/C19H20FNO3S/c1-2-21(18(22)13-25-17-9-4-3-7-15(17)20)12-14-6-5-8-16-19(14)24-11-10-23-16/h3-9H,2,10-13H2,1H3. The summed E-state index contributed by atoms with van der Waals surface area (Å²) in [6, 6.07) is 12.2. The smallest absolute Gasteiger partial charge is 0.233 e. The molecule has 0 radical (unpaired) electrons. The Morgan fingerprint density at radius 3 is 2.76 bits per heavy atom. The molecule has 1 aliphatic heterocycles. The van der Waals surface area contributed by atoms with Crippen molar-refractivity contribution in [1.82, 2.24) is 4.90 Å². The van der Waals surface area contributed by atoms with E-state index in [9.17, 15) is 9.18 Å². The van der Waals surface area contributed by atoms with Crippen LogP contribution in [-0.2, 0) is 11.3 Å². The second-order valence-electron chi connectivity index (χ2n) is 5.57. The predicted molar refractivity (Wildman–Crippen MR) is 95.6 cm³/mol. The van der Waals surface area contributed by atoms with Crippen LogP contribution in [0.5, 0.6) is 11.5 Å². The molecular weight excluding hydrogens is 341 g/mol. The van der Waals surface area contributed by atoms with Gasteiger partial charge in [-0.1, -0.05) is 24.3 Å². The van der Waals surface area contributed by atoms with E-state index in [1.165, 1.54) is 17.8 Å². The summed E-state index contributed by atoms with van der Waals surface area (Å²) >= 11 is 1.22. The highest BCUT2D eigenvalue weighted by Crippen LogP contribution is 2.34. The molecule has 0 spiro atoms. The van der Waals surface area contributed by atoms with Gasteiger partial charge in [-0.15, -0.1) is 11.8 Å². The molecule has 0 bridgehead atoms. The number of hydrogen-bond donors (Lipinski definition) is 0. The topological polar surface area (TPSA) is 38.8 Å². The minimum atomic E-state index is -0.300. The highest BCUT2D eigenvalue weighted by atomic mass is 32.2. The maximum atomic E-state index is 13.7. The third-order valence-electron chi connectivity index (χ3n) is 3.93. The Hall–Kier alpha value is -2.21. The van der Waals surface area contributed by atoms with Gasteiger partial charge in [-0.3, -0.25) is 4.79 Å². The molecule has 2 aromatic rings. The lowest BCUT2D eigenvalue weighted by molar-refractivity contribution is -0.128. The van der Waals surface area contributed by atoms with Crippen LogP contribution >= 0.6 is 11.8 Å². The van der Waals surface area contributed by atoms with Crippen molar-refractivity contribution in [3.63, 3.8) is 0 Å². The number of thioether (sulfide) groups is 1. The fraction of sp³-hybridized carbons (Fsp3) is 0.316. The molecule has 3 rings (SSSR count). The van der Waals surface area contributed by atoms with Gasteiger partial charge in [0.15, 0.2) is 11.5 Å². The van der Waals surface area contributed by atoms with E-state index in [4.69, 9.17) is 9.47 Å². The number of nitrogens with zero attached hydrogens (tertiary/aromatic N) is 1. The molecule has 0 saturated carbocycles. The van der Waals surface area contributed by atoms with Crippen LogP contribution in [0, 0.1) is 5.82 Å². The zero-order chi connectivity index (χ0) is 17.6. The van der Waals surface area contributed by atoms with Crippen molar-refractivity contribution in [3.8, 4) is 11.5 Å². The van der Waals surface area contributed by atoms with Gasteiger partial charge >= 0.3 is 0 Å². The van der Waals surface area contributed by atoms with Crippen molar-refractivity contribution in [2.24, 2.45) is 0 Å². The average molecular weight is 361 g/mol. The summed E-state index contributed by atoms with van der Waals surface area (Å²) < 4.78 is 25.0. The number of carbonyl (C=O) groups excluding carboxylic acids is 1. The summed E-state index contributed by atoms with van der Waals surface area (Å²) in [5.74, 6) is 1.28. The zero-order valence-electron chi connectivity index (χ0n) is 14.0. The number of rotatable bonds is 6. The quantitative estimate of drug-likeness (QED) is 0.735. The van der Waals surface area contributed by atoms with Gasteiger partial charge in [-0.25, -0.2) is 4.39 Å². The van der Waals surface area contributed by atoms with Crippen LogP contribution in [-0.4, -0.2) is 36.3 Å². The molecule has 0 fully saturated rings. The Labute approximate surface area is 150 Å². The molecule has 0 atom stereocenters. The Kier molecular flexibility index (Phi) is 5.81. The van der Waals surface area contributed by atoms with Gasteiger partial charge in [0.25, 0.3) is 0 Å². The molecule has 1 amide bonds.